The molecule has 80 valence electrons. The molecule has 2 rings (SSSR count). The number of aromatic nitrogens is 6. The smallest absolute Gasteiger partial charge is 0.170 e. The summed E-state index contributed by atoms with van der Waals surface area (Å²) in [5.41, 5.74) is 7.39. The van der Waals surface area contributed by atoms with Gasteiger partial charge in [0.05, 0.1) is 18.4 Å². The zero-order chi connectivity index (χ0) is 10.8. The lowest BCUT2D eigenvalue weighted by Gasteiger charge is -2.00. The van der Waals surface area contributed by atoms with Crippen LogP contribution in [0.3, 0.4) is 0 Å². The Balaban J connectivity index is 2.52. The molecule has 7 heteroatoms. The van der Waals surface area contributed by atoms with E-state index in [2.05, 4.69) is 20.6 Å². The third-order valence-corrected chi connectivity index (χ3v) is 2.16. The lowest BCUT2D eigenvalue weighted by atomic mass is 10.3. The first-order chi connectivity index (χ1) is 7.26. The standard InChI is InChI=1S/C8H13N7/c1-3-6-7(5-14(2)11-6)15-8(4-9)10-12-13-15/h5H,3-4,9H2,1-2H3. The van der Waals surface area contributed by atoms with Gasteiger partial charge in [-0.15, -0.1) is 5.10 Å². The van der Waals surface area contributed by atoms with Gasteiger partial charge in [0.15, 0.2) is 5.82 Å². The van der Waals surface area contributed by atoms with Crippen molar-refractivity contribution in [1.82, 2.24) is 30.0 Å². The van der Waals surface area contributed by atoms with E-state index in [0.717, 1.165) is 17.8 Å². The van der Waals surface area contributed by atoms with E-state index in [4.69, 9.17) is 5.73 Å². The SMILES string of the molecule is CCc1nn(C)cc1-n1nnnc1CN. The minimum absolute atomic E-state index is 0.311. The average molecular weight is 207 g/mol. The minimum Gasteiger partial charge on any atom is -0.324 e. The third kappa shape index (κ3) is 1.61. The van der Waals surface area contributed by atoms with Crippen molar-refractivity contribution >= 4 is 0 Å². The van der Waals surface area contributed by atoms with Crippen molar-refractivity contribution in [3.8, 4) is 5.69 Å². The van der Waals surface area contributed by atoms with Crippen molar-refractivity contribution in [1.29, 1.82) is 0 Å². The van der Waals surface area contributed by atoms with Crippen LogP contribution in [-0.2, 0) is 20.0 Å². The summed E-state index contributed by atoms with van der Waals surface area (Å²) < 4.78 is 3.38. The molecule has 0 aliphatic heterocycles. The van der Waals surface area contributed by atoms with E-state index >= 15 is 0 Å². The zero-order valence-corrected chi connectivity index (χ0v) is 8.75. The quantitative estimate of drug-likeness (QED) is 0.727. The molecule has 2 aromatic rings. The molecule has 0 aliphatic rings. The van der Waals surface area contributed by atoms with Gasteiger partial charge in [-0.3, -0.25) is 4.68 Å². The average Bonchev–Trinajstić information content (AvgIpc) is 2.82. The van der Waals surface area contributed by atoms with Gasteiger partial charge in [-0.2, -0.15) is 9.78 Å². The molecule has 2 N–H and O–H groups in total. The predicted molar refractivity (Wildman–Crippen MR) is 53.2 cm³/mol. The number of tetrazole rings is 1. The van der Waals surface area contributed by atoms with Crippen molar-refractivity contribution in [3.05, 3.63) is 17.7 Å². The molecule has 0 saturated heterocycles. The molecule has 0 unspecified atom stereocenters. The number of rotatable bonds is 3. The fraction of sp³-hybridized carbons (Fsp3) is 0.500. The summed E-state index contributed by atoms with van der Waals surface area (Å²) >= 11 is 0. The van der Waals surface area contributed by atoms with E-state index in [0.29, 0.717) is 12.4 Å². The Morgan fingerprint density at radius 1 is 1.47 bits per heavy atom. The van der Waals surface area contributed by atoms with E-state index in [1.54, 1.807) is 9.36 Å². The second-order valence-corrected chi connectivity index (χ2v) is 3.20. The van der Waals surface area contributed by atoms with Crippen LogP contribution in [0.1, 0.15) is 18.4 Å². The molecular weight excluding hydrogens is 194 g/mol. The second kappa shape index (κ2) is 3.77. The van der Waals surface area contributed by atoms with Crippen LogP contribution in [0.4, 0.5) is 0 Å². The molecule has 0 aliphatic carbocycles. The maximum absolute atomic E-state index is 5.54. The molecule has 0 bridgehead atoms. The molecule has 0 amide bonds. The Hall–Kier alpha value is -1.76. The van der Waals surface area contributed by atoms with Crippen molar-refractivity contribution in [2.24, 2.45) is 12.8 Å². The van der Waals surface area contributed by atoms with Crippen LogP contribution >= 0.6 is 0 Å². The van der Waals surface area contributed by atoms with Crippen LogP contribution in [0.25, 0.3) is 5.69 Å². The Bertz CT molecular complexity index is 455. The Morgan fingerprint density at radius 3 is 2.93 bits per heavy atom. The van der Waals surface area contributed by atoms with E-state index in [9.17, 15) is 0 Å². The highest BCUT2D eigenvalue weighted by molar-refractivity contribution is 5.34. The summed E-state index contributed by atoms with van der Waals surface area (Å²) in [4.78, 5) is 0. The second-order valence-electron chi connectivity index (χ2n) is 3.20. The summed E-state index contributed by atoms with van der Waals surface area (Å²) in [6, 6.07) is 0. The highest BCUT2D eigenvalue weighted by Gasteiger charge is 2.13. The topological polar surface area (TPSA) is 87.4 Å². The first-order valence-electron chi connectivity index (χ1n) is 4.76. The molecule has 15 heavy (non-hydrogen) atoms. The molecule has 2 heterocycles. The maximum Gasteiger partial charge on any atom is 0.170 e. The first-order valence-corrected chi connectivity index (χ1v) is 4.76. The van der Waals surface area contributed by atoms with E-state index in [-0.39, 0.29) is 0 Å². The van der Waals surface area contributed by atoms with Crippen LogP contribution in [-0.4, -0.2) is 30.0 Å². The van der Waals surface area contributed by atoms with Gasteiger partial charge in [0.25, 0.3) is 0 Å². The zero-order valence-electron chi connectivity index (χ0n) is 8.75. The van der Waals surface area contributed by atoms with Crippen molar-refractivity contribution in [2.75, 3.05) is 0 Å². The summed E-state index contributed by atoms with van der Waals surface area (Å²) in [6.45, 7) is 2.35. The van der Waals surface area contributed by atoms with Gasteiger partial charge in [-0.1, -0.05) is 6.92 Å². The first kappa shape index (κ1) is 9.78. The molecule has 0 spiro atoms. The highest BCUT2D eigenvalue weighted by Crippen LogP contribution is 2.12. The van der Waals surface area contributed by atoms with Crippen LogP contribution in [0.5, 0.6) is 0 Å². The maximum atomic E-state index is 5.54. The van der Waals surface area contributed by atoms with Gasteiger partial charge < -0.3 is 5.73 Å². The molecule has 2 aromatic heterocycles. The van der Waals surface area contributed by atoms with Crippen LogP contribution < -0.4 is 5.73 Å². The minimum atomic E-state index is 0.311. The van der Waals surface area contributed by atoms with Crippen LogP contribution in [0, 0.1) is 0 Å². The molecule has 0 fully saturated rings. The molecule has 7 nitrogen and oxygen atoms in total. The van der Waals surface area contributed by atoms with Crippen molar-refractivity contribution in [3.63, 3.8) is 0 Å². The van der Waals surface area contributed by atoms with Gasteiger partial charge >= 0.3 is 0 Å². The molecular formula is C8H13N7. The Labute approximate surface area is 86.9 Å². The fourth-order valence-electron chi connectivity index (χ4n) is 1.47. The van der Waals surface area contributed by atoms with Crippen LogP contribution in [0.15, 0.2) is 6.20 Å². The van der Waals surface area contributed by atoms with Crippen molar-refractivity contribution < 1.29 is 0 Å². The number of hydrogen-bond donors (Lipinski definition) is 1. The number of nitrogens with zero attached hydrogens (tertiary/aromatic N) is 6. The lowest BCUT2D eigenvalue weighted by molar-refractivity contribution is 0.746. The van der Waals surface area contributed by atoms with E-state index < -0.39 is 0 Å². The Kier molecular flexibility index (Phi) is 2.46. The predicted octanol–water partition coefficient (Wildman–Crippen LogP) is -0.583. The number of hydrogen-bond acceptors (Lipinski definition) is 5. The van der Waals surface area contributed by atoms with Gasteiger partial charge in [-0.05, 0) is 16.8 Å². The van der Waals surface area contributed by atoms with Gasteiger partial charge in [0.2, 0.25) is 0 Å². The molecule has 0 radical (unpaired) electrons. The van der Waals surface area contributed by atoms with Gasteiger partial charge in [0, 0.05) is 7.05 Å². The summed E-state index contributed by atoms with van der Waals surface area (Å²) in [5, 5.41) is 15.7. The molecule has 0 atom stereocenters. The van der Waals surface area contributed by atoms with E-state index in [1.165, 1.54) is 0 Å². The van der Waals surface area contributed by atoms with Gasteiger partial charge in [0.1, 0.15) is 5.69 Å². The normalized spacial score (nSPS) is 10.9. The Morgan fingerprint density at radius 2 is 2.27 bits per heavy atom. The third-order valence-electron chi connectivity index (χ3n) is 2.16. The van der Waals surface area contributed by atoms with Crippen LogP contribution in [0.2, 0.25) is 0 Å². The summed E-state index contributed by atoms with van der Waals surface area (Å²) in [6.07, 6.45) is 2.72. The lowest BCUT2D eigenvalue weighted by Crippen LogP contribution is -2.08. The largest absolute Gasteiger partial charge is 0.324 e. The van der Waals surface area contributed by atoms with Gasteiger partial charge in [-0.25, -0.2) is 0 Å². The number of nitrogens with two attached hydrogens (primary N) is 1. The highest BCUT2D eigenvalue weighted by atomic mass is 15.6. The summed E-state index contributed by atoms with van der Waals surface area (Å²) in [7, 11) is 1.87. The van der Waals surface area contributed by atoms with E-state index in [1.807, 2.05) is 20.2 Å². The molecule has 0 saturated carbocycles. The molecule has 0 aromatic carbocycles. The summed E-state index contributed by atoms with van der Waals surface area (Å²) in [5.74, 6) is 0.637. The number of aryl methyl sites for hydroxylation is 2. The fourth-order valence-corrected chi connectivity index (χ4v) is 1.47. The van der Waals surface area contributed by atoms with Crippen molar-refractivity contribution in [2.45, 2.75) is 19.9 Å². The monoisotopic (exact) mass is 207 g/mol.